The van der Waals surface area contributed by atoms with Gasteiger partial charge in [0.25, 0.3) is 5.91 Å². The molecule has 168 valence electrons. The molecule has 1 heterocycles. The van der Waals surface area contributed by atoms with Gasteiger partial charge in [0.05, 0.1) is 22.0 Å². The lowest BCUT2D eigenvalue weighted by atomic mass is 10.1. The lowest BCUT2D eigenvalue weighted by molar-refractivity contribution is 0.0951. The number of sulfonamides is 1. The van der Waals surface area contributed by atoms with Gasteiger partial charge in [-0.2, -0.15) is 0 Å². The van der Waals surface area contributed by atoms with Crippen LogP contribution in [0.3, 0.4) is 0 Å². The molecule has 0 unspecified atom stereocenters. The van der Waals surface area contributed by atoms with Crippen molar-refractivity contribution in [3.8, 4) is 0 Å². The highest BCUT2D eigenvalue weighted by molar-refractivity contribution is 7.89. The Morgan fingerprint density at radius 2 is 1.84 bits per heavy atom. The summed E-state index contributed by atoms with van der Waals surface area (Å²) in [6.07, 6.45) is 0. The minimum atomic E-state index is -3.79. The van der Waals surface area contributed by atoms with Crippen molar-refractivity contribution in [1.82, 2.24) is 10.6 Å². The van der Waals surface area contributed by atoms with Crippen molar-refractivity contribution < 1.29 is 18.0 Å². The molecule has 0 atom stereocenters. The number of benzene rings is 2. The first-order chi connectivity index (χ1) is 15.1. The first-order valence-electron chi connectivity index (χ1n) is 9.41. The van der Waals surface area contributed by atoms with Gasteiger partial charge < -0.3 is 16.0 Å². The van der Waals surface area contributed by atoms with Crippen LogP contribution in [0.25, 0.3) is 0 Å². The van der Waals surface area contributed by atoms with Gasteiger partial charge in [-0.25, -0.2) is 18.4 Å². The molecule has 0 fully saturated rings. The molecular weight excluding hydrogens is 472 g/mol. The highest BCUT2D eigenvalue weighted by Crippen LogP contribution is 2.21. The van der Waals surface area contributed by atoms with E-state index in [1.165, 1.54) is 35.6 Å². The highest BCUT2D eigenvalue weighted by Gasteiger charge is 2.13. The van der Waals surface area contributed by atoms with E-state index in [-0.39, 0.29) is 27.9 Å². The summed E-state index contributed by atoms with van der Waals surface area (Å²) in [6, 6.07) is 12.4. The van der Waals surface area contributed by atoms with Crippen molar-refractivity contribution in [3.05, 3.63) is 80.5 Å². The van der Waals surface area contributed by atoms with Crippen LogP contribution in [0.4, 0.5) is 10.5 Å². The van der Waals surface area contributed by atoms with Crippen LogP contribution < -0.4 is 21.1 Å². The van der Waals surface area contributed by atoms with Gasteiger partial charge in [-0.15, -0.1) is 11.3 Å². The summed E-state index contributed by atoms with van der Waals surface area (Å²) >= 11 is 7.69. The summed E-state index contributed by atoms with van der Waals surface area (Å²) in [4.78, 5) is 25.8. The number of anilines is 1. The van der Waals surface area contributed by atoms with Crippen molar-refractivity contribution >= 4 is 50.6 Å². The summed E-state index contributed by atoms with van der Waals surface area (Å²) in [7, 11) is -3.79. The van der Waals surface area contributed by atoms with Crippen LogP contribution in [0, 0.1) is 6.92 Å². The van der Waals surface area contributed by atoms with Gasteiger partial charge in [0.15, 0.2) is 0 Å². The van der Waals surface area contributed by atoms with E-state index in [2.05, 4.69) is 16.0 Å². The first kappa shape index (κ1) is 23.7. The second kappa shape index (κ2) is 10.1. The van der Waals surface area contributed by atoms with Gasteiger partial charge in [0, 0.05) is 17.1 Å². The zero-order chi connectivity index (χ0) is 23.3. The second-order valence-electron chi connectivity index (χ2n) is 6.90. The number of rotatable bonds is 7. The Morgan fingerprint density at radius 3 is 2.50 bits per heavy atom. The molecule has 2 aromatic carbocycles. The predicted octanol–water partition coefficient (Wildman–Crippen LogP) is 3.61. The number of hydrogen-bond donors (Lipinski definition) is 4. The number of thiophene rings is 1. The molecule has 0 spiro atoms. The number of nitrogens with two attached hydrogens (primary N) is 1. The monoisotopic (exact) mass is 492 g/mol. The summed E-state index contributed by atoms with van der Waals surface area (Å²) < 4.78 is 22.9. The van der Waals surface area contributed by atoms with Gasteiger partial charge in [-0.1, -0.05) is 23.7 Å². The van der Waals surface area contributed by atoms with Crippen molar-refractivity contribution in [2.24, 2.45) is 5.14 Å². The fraction of sp³-hybridized carbons (Fsp3) is 0.143. The zero-order valence-electron chi connectivity index (χ0n) is 17.0. The summed E-state index contributed by atoms with van der Waals surface area (Å²) in [5.41, 5.74) is 2.05. The molecule has 0 radical (unpaired) electrons. The molecule has 0 aliphatic heterocycles. The number of nitrogens with one attached hydrogen (secondary N) is 3. The van der Waals surface area contributed by atoms with Crippen molar-refractivity contribution in [1.29, 1.82) is 0 Å². The fourth-order valence-corrected chi connectivity index (χ4v) is 4.29. The Labute approximate surface area is 194 Å². The second-order valence-corrected chi connectivity index (χ2v) is 9.90. The average molecular weight is 493 g/mol. The molecule has 0 aliphatic rings. The van der Waals surface area contributed by atoms with Crippen LogP contribution >= 0.6 is 22.9 Å². The molecule has 3 rings (SSSR count). The van der Waals surface area contributed by atoms with E-state index in [0.29, 0.717) is 17.8 Å². The molecule has 3 amide bonds. The lowest BCUT2D eigenvalue weighted by Crippen LogP contribution is -2.29. The number of carbonyl (C=O) groups excluding carboxylic acids is 2. The highest BCUT2D eigenvalue weighted by atomic mass is 35.5. The number of amides is 3. The number of aryl methyl sites for hydroxylation is 1. The minimum Gasteiger partial charge on any atom is -0.347 e. The SMILES string of the molecule is Cc1cc(S(N)(=O)=O)ccc1CNC(=O)Nc1ccc(Cl)c(C(=O)NCc2cccs2)c1. The third-order valence-electron chi connectivity index (χ3n) is 4.55. The third-order valence-corrected chi connectivity index (χ3v) is 6.67. The summed E-state index contributed by atoms with van der Waals surface area (Å²) in [6.45, 7) is 2.28. The minimum absolute atomic E-state index is 0.00857. The molecule has 1 aromatic heterocycles. The van der Waals surface area contributed by atoms with Crippen molar-refractivity contribution in [2.45, 2.75) is 24.9 Å². The van der Waals surface area contributed by atoms with Crippen LogP contribution in [-0.4, -0.2) is 20.4 Å². The van der Waals surface area contributed by atoms with E-state index in [1.807, 2.05) is 17.5 Å². The van der Waals surface area contributed by atoms with Gasteiger partial charge in [-0.3, -0.25) is 4.79 Å². The molecule has 0 saturated carbocycles. The van der Waals surface area contributed by atoms with Crippen molar-refractivity contribution in [3.63, 3.8) is 0 Å². The Kier molecular flexibility index (Phi) is 7.52. The topological polar surface area (TPSA) is 130 Å². The Balaban J connectivity index is 1.60. The molecule has 0 bridgehead atoms. The molecule has 32 heavy (non-hydrogen) atoms. The largest absolute Gasteiger partial charge is 0.347 e. The quantitative estimate of drug-likeness (QED) is 0.401. The maximum absolute atomic E-state index is 12.5. The molecular formula is C21H21ClN4O4S2. The van der Waals surface area contributed by atoms with E-state index in [9.17, 15) is 18.0 Å². The van der Waals surface area contributed by atoms with Crippen molar-refractivity contribution in [2.75, 3.05) is 5.32 Å². The van der Waals surface area contributed by atoms with Crippen LogP contribution in [0.15, 0.2) is 58.8 Å². The smallest absolute Gasteiger partial charge is 0.319 e. The van der Waals surface area contributed by atoms with Crippen LogP contribution in [0.2, 0.25) is 5.02 Å². The van der Waals surface area contributed by atoms with Crippen LogP contribution in [-0.2, 0) is 23.1 Å². The Morgan fingerprint density at radius 1 is 1.06 bits per heavy atom. The number of hydrogen-bond acceptors (Lipinski definition) is 5. The maximum atomic E-state index is 12.5. The van der Waals surface area contributed by atoms with Gasteiger partial charge in [-0.05, 0) is 59.8 Å². The van der Waals surface area contributed by atoms with E-state index >= 15 is 0 Å². The molecule has 0 aliphatic carbocycles. The normalized spacial score (nSPS) is 11.1. The lowest BCUT2D eigenvalue weighted by Gasteiger charge is -2.12. The standard InChI is InChI=1S/C21H21ClN4O4S2/c1-13-9-17(32(23,29)30)6-4-14(13)11-25-21(28)26-15-5-7-19(22)18(10-15)20(27)24-12-16-3-2-8-31-16/h2-10H,11-12H2,1H3,(H,24,27)(H2,23,29,30)(H2,25,26,28). The van der Waals surface area contributed by atoms with Crippen LogP contribution in [0.1, 0.15) is 26.4 Å². The maximum Gasteiger partial charge on any atom is 0.319 e. The zero-order valence-corrected chi connectivity index (χ0v) is 19.4. The average Bonchev–Trinajstić information content (AvgIpc) is 3.25. The van der Waals surface area contributed by atoms with Gasteiger partial charge in [0.1, 0.15) is 0 Å². The Hall–Kier alpha value is -2.92. The van der Waals surface area contributed by atoms with E-state index < -0.39 is 16.1 Å². The van der Waals surface area contributed by atoms with E-state index in [4.69, 9.17) is 16.7 Å². The van der Waals surface area contributed by atoms with Gasteiger partial charge >= 0.3 is 6.03 Å². The van der Waals surface area contributed by atoms with Crippen LogP contribution in [0.5, 0.6) is 0 Å². The number of primary sulfonamides is 1. The molecule has 11 heteroatoms. The van der Waals surface area contributed by atoms with E-state index in [1.54, 1.807) is 19.1 Å². The predicted molar refractivity (Wildman–Crippen MR) is 125 cm³/mol. The third kappa shape index (κ3) is 6.30. The first-order valence-corrected chi connectivity index (χ1v) is 12.2. The summed E-state index contributed by atoms with van der Waals surface area (Å²) in [5, 5.41) is 15.5. The number of urea groups is 1. The molecule has 5 N–H and O–H groups in total. The fourth-order valence-electron chi connectivity index (χ4n) is 2.85. The Bertz CT molecular complexity index is 1240. The molecule has 0 saturated heterocycles. The van der Waals surface area contributed by atoms with Gasteiger partial charge in [0.2, 0.25) is 10.0 Å². The number of halogens is 1. The summed E-state index contributed by atoms with van der Waals surface area (Å²) in [5.74, 6) is -0.349. The van der Waals surface area contributed by atoms with E-state index in [0.717, 1.165) is 10.4 Å². The molecule has 8 nitrogen and oxygen atoms in total. The molecule has 3 aromatic rings. The number of carbonyl (C=O) groups is 2.